The fourth-order valence-electron chi connectivity index (χ4n) is 6.33. The van der Waals surface area contributed by atoms with Crippen molar-refractivity contribution in [3.63, 3.8) is 0 Å². The number of halogens is 17. The zero-order valence-electron chi connectivity index (χ0n) is 27.8. The van der Waals surface area contributed by atoms with Gasteiger partial charge in [-0.25, -0.2) is 0 Å². The fraction of sp³-hybridized carbons (Fsp3) is 0.629. The molecule has 0 amide bonds. The minimum absolute atomic E-state index is 0.388. The molecule has 1 saturated carbocycles. The highest BCUT2D eigenvalue weighted by molar-refractivity contribution is 5.64. The first-order valence-corrected chi connectivity index (χ1v) is 16.5. The van der Waals surface area contributed by atoms with Gasteiger partial charge in [0, 0.05) is 0 Å². The van der Waals surface area contributed by atoms with Crippen LogP contribution in [0.4, 0.5) is 74.6 Å². The van der Waals surface area contributed by atoms with Crippen molar-refractivity contribution in [1.82, 2.24) is 0 Å². The van der Waals surface area contributed by atoms with Crippen molar-refractivity contribution in [2.24, 2.45) is 5.41 Å². The molecule has 0 atom stereocenters. The highest BCUT2D eigenvalue weighted by Gasteiger charge is 2.96. The normalized spacial score (nSPS) is 20.0. The lowest BCUT2D eigenvalue weighted by Gasteiger charge is -2.47. The van der Waals surface area contributed by atoms with E-state index in [9.17, 15) is 71.1 Å². The molecule has 1 aliphatic rings. The molecule has 0 heterocycles. The Kier molecular flexibility index (Phi) is 12.6. The summed E-state index contributed by atoms with van der Waals surface area (Å²) in [5, 5.41) is 9.44. The summed E-state index contributed by atoms with van der Waals surface area (Å²) in [6, 6.07) is 14.5. The highest BCUT2D eigenvalue weighted by atomic mass is 19.4. The van der Waals surface area contributed by atoms with Crippen LogP contribution in [0.2, 0.25) is 0 Å². The first-order chi connectivity index (χ1) is 24.1. The standard InChI is InChI=1S/C35H34F17N/c1-2-3-4-5-6-7-8-22-9-11-23(12-10-22)24-13-15-25(16-14-24)26-17-19-27(21-53,20-18-26)28(36,37)29(38,39)30(40,41)31(42,43)32(44,45)33(46,47)34(48,49)35(50,51)52/h9-16,26H,2-8,17-20H2,1H3/t26-,27+. The van der Waals surface area contributed by atoms with E-state index in [1.165, 1.54) is 25.0 Å². The Hall–Kier alpha value is -3.26. The van der Waals surface area contributed by atoms with Crippen LogP contribution in [0.25, 0.3) is 11.1 Å². The summed E-state index contributed by atoms with van der Waals surface area (Å²) in [5.74, 6) is -58.1. The van der Waals surface area contributed by atoms with Gasteiger partial charge in [0.25, 0.3) is 0 Å². The van der Waals surface area contributed by atoms with Crippen LogP contribution in [0.1, 0.15) is 88.2 Å². The van der Waals surface area contributed by atoms with Crippen molar-refractivity contribution in [2.45, 2.75) is 131 Å². The van der Waals surface area contributed by atoms with E-state index in [4.69, 9.17) is 0 Å². The maximum atomic E-state index is 15.3. The number of nitriles is 1. The number of aryl methyl sites for hydroxylation is 1. The van der Waals surface area contributed by atoms with E-state index >= 15 is 8.78 Å². The maximum absolute atomic E-state index is 15.3. The SMILES string of the molecule is CCCCCCCCc1ccc(-c2ccc([C@H]3CC[C@@](C#N)(C(F)(F)C(F)(F)C(F)(F)C(F)(F)C(F)(F)C(F)(F)C(F)(F)C(F)(F)F)CC3)cc2)cc1. The Balaban J connectivity index is 1.79. The van der Waals surface area contributed by atoms with Gasteiger partial charge < -0.3 is 0 Å². The van der Waals surface area contributed by atoms with Gasteiger partial charge >= 0.3 is 47.6 Å². The van der Waals surface area contributed by atoms with E-state index in [0.29, 0.717) is 17.2 Å². The van der Waals surface area contributed by atoms with Crippen molar-refractivity contribution in [3.05, 3.63) is 59.7 Å². The molecule has 53 heavy (non-hydrogen) atoms. The summed E-state index contributed by atoms with van der Waals surface area (Å²) in [6.07, 6.45) is -4.42. The molecular weight excluding hydrogens is 757 g/mol. The van der Waals surface area contributed by atoms with Gasteiger partial charge in [-0.1, -0.05) is 87.6 Å². The molecule has 2 aromatic rings. The number of nitrogens with zero attached hydrogens (tertiary/aromatic N) is 1. The second-order valence-electron chi connectivity index (χ2n) is 13.3. The monoisotopic (exact) mass is 791 g/mol. The molecule has 1 fully saturated rings. The van der Waals surface area contributed by atoms with Gasteiger partial charge in [-0.15, -0.1) is 0 Å². The Bertz CT molecular complexity index is 1550. The van der Waals surface area contributed by atoms with Crippen molar-refractivity contribution in [2.75, 3.05) is 0 Å². The largest absolute Gasteiger partial charge is 0.460 e. The molecule has 0 N–H and O–H groups in total. The minimum Gasteiger partial charge on any atom is -0.198 e. The highest BCUT2D eigenvalue weighted by Crippen LogP contribution is 2.67. The molecule has 0 unspecified atom stereocenters. The van der Waals surface area contributed by atoms with E-state index < -0.39 is 84.7 Å². The van der Waals surface area contributed by atoms with Gasteiger partial charge in [0.2, 0.25) is 0 Å². The quantitative estimate of drug-likeness (QED) is 0.123. The molecular formula is C35H34F17N. The van der Waals surface area contributed by atoms with E-state index in [1.54, 1.807) is 12.1 Å². The lowest BCUT2D eigenvalue weighted by molar-refractivity contribution is -0.465. The Morgan fingerprint density at radius 3 is 1.38 bits per heavy atom. The lowest BCUT2D eigenvalue weighted by atomic mass is 9.64. The summed E-state index contributed by atoms with van der Waals surface area (Å²) >= 11 is 0. The molecule has 18 heteroatoms. The molecule has 2 aromatic carbocycles. The minimum atomic E-state index is -8.71. The van der Waals surface area contributed by atoms with Gasteiger partial charge in [0.15, 0.2) is 0 Å². The van der Waals surface area contributed by atoms with Crippen LogP contribution in [0.5, 0.6) is 0 Å². The van der Waals surface area contributed by atoms with Crippen LogP contribution < -0.4 is 0 Å². The van der Waals surface area contributed by atoms with Crippen molar-refractivity contribution in [3.8, 4) is 17.2 Å². The van der Waals surface area contributed by atoms with Gasteiger partial charge in [-0.2, -0.15) is 79.9 Å². The number of benzene rings is 2. The summed E-state index contributed by atoms with van der Waals surface area (Å²) in [7, 11) is 0. The van der Waals surface area contributed by atoms with E-state index in [2.05, 4.69) is 6.92 Å². The number of alkyl halides is 17. The van der Waals surface area contributed by atoms with Crippen LogP contribution in [-0.4, -0.2) is 47.6 Å². The van der Waals surface area contributed by atoms with Gasteiger partial charge in [-0.05, 0) is 66.7 Å². The first-order valence-electron chi connectivity index (χ1n) is 16.5. The number of rotatable bonds is 16. The summed E-state index contributed by atoms with van der Waals surface area (Å²) in [6.45, 7) is 2.13. The predicted molar refractivity (Wildman–Crippen MR) is 159 cm³/mol. The van der Waals surface area contributed by atoms with Crippen LogP contribution in [0, 0.1) is 16.7 Å². The zero-order valence-corrected chi connectivity index (χ0v) is 27.8. The molecule has 298 valence electrons. The smallest absolute Gasteiger partial charge is 0.198 e. The van der Waals surface area contributed by atoms with Gasteiger partial charge in [0.05, 0.1) is 6.07 Å². The van der Waals surface area contributed by atoms with Gasteiger partial charge in [0.1, 0.15) is 5.41 Å². The second kappa shape index (κ2) is 15.1. The van der Waals surface area contributed by atoms with Crippen molar-refractivity contribution < 1.29 is 74.6 Å². The number of hydrogen-bond donors (Lipinski definition) is 0. The van der Waals surface area contributed by atoms with Crippen LogP contribution in [0.15, 0.2) is 48.5 Å². The molecule has 0 spiro atoms. The van der Waals surface area contributed by atoms with Crippen LogP contribution in [-0.2, 0) is 6.42 Å². The molecule has 0 radical (unpaired) electrons. The average Bonchev–Trinajstić information content (AvgIpc) is 3.09. The molecule has 3 rings (SSSR count). The summed E-state index contributed by atoms with van der Waals surface area (Å²) < 4.78 is 236. The molecule has 1 nitrogen and oxygen atoms in total. The summed E-state index contributed by atoms with van der Waals surface area (Å²) in [4.78, 5) is 0. The molecule has 0 aromatic heterocycles. The predicted octanol–water partition coefficient (Wildman–Crippen LogP) is 13.4. The van der Waals surface area contributed by atoms with E-state index in [-0.39, 0.29) is 0 Å². The first kappa shape index (κ1) is 44.1. The van der Waals surface area contributed by atoms with Crippen molar-refractivity contribution >= 4 is 0 Å². The van der Waals surface area contributed by atoms with Crippen molar-refractivity contribution in [1.29, 1.82) is 5.26 Å². The van der Waals surface area contributed by atoms with E-state index in [0.717, 1.165) is 43.2 Å². The third kappa shape index (κ3) is 7.43. The number of hydrogen-bond acceptors (Lipinski definition) is 1. The Labute approximate surface area is 293 Å². The third-order valence-corrected chi connectivity index (χ3v) is 9.86. The maximum Gasteiger partial charge on any atom is 0.460 e. The molecule has 0 bridgehead atoms. The summed E-state index contributed by atoms with van der Waals surface area (Å²) in [5.41, 5.74) is -1.04. The number of unbranched alkanes of at least 4 members (excludes halogenated alkanes) is 5. The second-order valence-corrected chi connectivity index (χ2v) is 13.3. The lowest BCUT2D eigenvalue weighted by Crippen LogP contribution is -2.75. The Morgan fingerprint density at radius 1 is 0.547 bits per heavy atom. The third-order valence-electron chi connectivity index (χ3n) is 9.86. The average molecular weight is 792 g/mol. The topological polar surface area (TPSA) is 23.8 Å². The van der Waals surface area contributed by atoms with Gasteiger partial charge in [-0.3, -0.25) is 0 Å². The molecule has 0 saturated heterocycles. The zero-order chi connectivity index (χ0) is 40.5. The van der Waals surface area contributed by atoms with E-state index in [1.807, 2.05) is 24.3 Å². The molecule has 0 aliphatic heterocycles. The Morgan fingerprint density at radius 2 is 0.943 bits per heavy atom. The van der Waals surface area contributed by atoms with Crippen LogP contribution in [0.3, 0.4) is 0 Å². The van der Waals surface area contributed by atoms with Crippen LogP contribution >= 0.6 is 0 Å². The molecule has 1 aliphatic carbocycles. The fourth-order valence-corrected chi connectivity index (χ4v) is 6.33.